The fraction of sp³-hybridized carbons (Fsp3) is 0.467. The third-order valence-electron chi connectivity index (χ3n) is 4.26. The summed E-state index contributed by atoms with van der Waals surface area (Å²) in [6.45, 7) is 3.65. The van der Waals surface area contributed by atoms with Crippen LogP contribution in [0.4, 0.5) is 0 Å². The molecule has 0 saturated carbocycles. The van der Waals surface area contributed by atoms with Crippen LogP contribution in [0.3, 0.4) is 0 Å². The van der Waals surface area contributed by atoms with Crippen LogP contribution in [0.25, 0.3) is 10.9 Å². The zero-order chi connectivity index (χ0) is 15.0. The summed E-state index contributed by atoms with van der Waals surface area (Å²) in [5.41, 5.74) is 0.800. The zero-order valence-electron chi connectivity index (χ0n) is 12.4. The van der Waals surface area contributed by atoms with E-state index in [1.54, 1.807) is 4.57 Å². The van der Waals surface area contributed by atoms with Crippen LogP contribution in [-0.4, -0.2) is 59.1 Å². The highest BCUT2D eigenvalue weighted by atomic mass is 32.1. The van der Waals surface area contributed by atoms with E-state index in [1.807, 2.05) is 24.3 Å². The maximum Gasteiger partial charge on any atom is 0.262 e. The number of aromatic amines is 1. The molecule has 0 amide bonds. The number of para-hydroxylation sites is 1. The van der Waals surface area contributed by atoms with Crippen LogP contribution in [0, 0.1) is 4.77 Å². The summed E-state index contributed by atoms with van der Waals surface area (Å²) < 4.78 is 2.19. The van der Waals surface area contributed by atoms with Crippen LogP contribution in [0.5, 0.6) is 0 Å². The molecular formula is C15H20N4OS. The maximum atomic E-state index is 12.7. The van der Waals surface area contributed by atoms with Gasteiger partial charge in [0.1, 0.15) is 0 Å². The van der Waals surface area contributed by atoms with Crippen LogP contribution < -0.4 is 5.56 Å². The number of aromatic nitrogens is 2. The summed E-state index contributed by atoms with van der Waals surface area (Å²) in [6, 6.07) is 7.82. The Balaban J connectivity index is 2.01. The zero-order valence-corrected chi connectivity index (χ0v) is 13.2. The normalized spacial score (nSPS) is 21.0. The summed E-state index contributed by atoms with van der Waals surface area (Å²) in [7, 11) is 4.22. The number of rotatable bonds is 2. The SMILES string of the molecule is CN1CCN(C)C(Cn2c(=S)[nH]c3ccccc3c2=O)C1. The molecule has 1 fully saturated rings. The van der Waals surface area contributed by atoms with Gasteiger partial charge in [-0.25, -0.2) is 0 Å². The van der Waals surface area contributed by atoms with Gasteiger partial charge in [0.15, 0.2) is 4.77 Å². The van der Waals surface area contributed by atoms with E-state index in [0.717, 1.165) is 25.2 Å². The van der Waals surface area contributed by atoms with Crippen molar-refractivity contribution in [3.8, 4) is 0 Å². The first kappa shape index (κ1) is 14.4. The van der Waals surface area contributed by atoms with Gasteiger partial charge in [0.05, 0.1) is 10.9 Å². The van der Waals surface area contributed by atoms with Crippen LogP contribution in [-0.2, 0) is 6.54 Å². The number of nitrogens with one attached hydrogen (secondary N) is 1. The van der Waals surface area contributed by atoms with Gasteiger partial charge in [-0.2, -0.15) is 0 Å². The smallest absolute Gasteiger partial charge is 0.262 e. The fourth-order valence-electron chi connectivity index (χ4n) is 2.87. The molecule has 1 atom stereocenters. The van der Waals surface area contributed by atoms with E-state index in [4.69, 9.17) is 12.2 Å². The predicted molar refractivity (Wildman–Crippen MR) is 87.3 cm³/mol. The summed E-state index contributed by atoms with van der Waals surface area (Å²) in [4.78, 5) is 20.4. The van der Waals surface area contributed by atoms with E-state index in [1.165, 1.54) is 0 Å². The Hall–Kier alpha value is -1.50. The van der Waals surface area contributed by atoms with Crippen molar-refractivity contribution in [1.82, 2.24) is 19.4 Å². The second-order valence-electron chi connectivity index (χ2n) is 5.79. The number of likely N-dealkylation sites (N-methyl/N-ethyl adjacent to an activating group) is 2. The van der Waals surface area contributed by atoms with E-state index in [2.05, 4.69) is 28.9 Å². The monoisotopic (exact) mass is 304 g/mol. The molecule has 0 spiro atoms. The van der Waals surface area contributed by atoms with Gasteiger partial charge in [0.25, 0.3) is 5.56 Å². The molecule has 6 heteroatoms. The Labute approximate surface area is 128 Å². The molecular weight excluding hydrogens is 284 g/mol. The molecule has 1 aromatic heterocycles. The molecule has 5 nitrogen and oxygen atoms in total. The highest BCUT2D eigenvalue weighted by Gasteiger charge is 2.23. The number of hydrogen-bond acceptors (Lipinski definition) is 4. The van der Waals surface area contributed by atoms with E-state index < -0.39 is 0 Å². The lowest BCUT2D eigenvalue weighted by Crippen LogP contribution is -2.52. The molecule has 1 aliphatic heterocycles. The fourth-order valence-corrected chi connectivity index (χ4v) is 3.14. The van der Waals surface area contributed by atoms with Crippen LogP contribution in [0.1, 0.15) is 0 Å². The van der Waals surface area contributed by atoms with Crippen LogP contribution in [0.2, 0.25) is 0 Å². The largest absolute Gasteiger partial charge is 0.332 e. The first-order valence-electron chi connectivity index (χ1n) is 7.17. The molecule has 3 rings (SSSR count). The van der Waals surface area contributed by atoms with Gasteiger partial charge in [0, 0.05) is 32.2 Å². The Morgan fingerprint density at radius 3 is 2.86 bits per heavy atom. The van der Waals surface area contributed by atoms with Crippen molar-refractivity contribution in [3.05, 3.63) is 39.4 Å². The topological polar surface area (TPSA) is 44.3 Å². The predicted octanol–water partition coefficient (Wildman–Crippen LogP) is 1.30. The average molecular weight is 304 g/mol. The van der Waals surface area contributed by atoms with Crippen LogP contribution in [0.15, 0.2) is 29.1 Å². The van der Waals surface area contributed by atoms with Gasteiger partial charge in [-0.1, -0.05) is 12.1 Å². The molecule has 1 aliphatic rings. The van der Waals surface area contributed by atoms with Gasteiger partial charge < -0.3 is 9.88 Å². The molecule has 1 saturated heterocycles. The minimum absolute atomic E-state index is 0.00373. The van der Waals surface area contributed by atoms with E-state index in [9.17, 15) is 4.79 Å². The Kier molecular flexibility index (Phi) is 3.93. The number of nitrogens with zero attached hydrogens (tertiary/aromatic N) is 3. The molecule has 112 valence electrons. The number of benzene rings is 1. The minimum atomic E-state index is -0.00373. The summed E-state index contributed by atoms with van der Waals surface area (Å²) >= 11 is 5.38. The van der Waals surface area contributed by atoms with Crippen molar-refractivity contribution >= 4 is 23.1 Å². The first-order chi connectivity index (χ1) is 10.1. The maximum absolute atomic E-state index is 12.7. The Morgan fingerprint density at radius 2 is 2.05 bits per heavy atom. The van der Waals surface area contributed by atoms with Crippen molar-refractivity contribution in [3.63, 3.8) is 0 Å². The number of H-pyrrole nitrogens is 1. The molecule has 2 heterocycles. The Bertz CT molecular complexity index is 766. The quantitative estimate of drug-likeness (QED) is 0.850. The lowest BCUT2D eigenvalue weighted by atomic mass is 10.2. The van der Waals surface area contributed by atoms with E-state index in [-0.39, 0.29) is 5.56 Å². The standard InChI is InChI=1S/C15H20N4OS/c1-17-7-8-18(2)11(9-17)10-19-14(20)12-5-3-4-6-13(12)16-15(19)21/h3-6,11H,7-10H2,1-2H3,(H,16,21). The van der Waals surface area contributed by atoms with Gasteiger partial charge >= 0.3 is 0 Å². The summed E-state index contributed by atoms with van der Waals surface area (Å²) in [5, 5.41) is 0.693. The minimum Gasteiger partial charge on any atom is -0.332 e. The van der Waals surface area contributed by atoms with Gasteiger partial charge in [-0.05, 0) is 38.4 Å². The Morgan fingerprint density at radius 1 is 1.29 bits per heavy atom. The third kappa shape index (κ3) is 2.79. The van der Waals surface area contributed by atoms with E-state index in [0.29, 0.717) is 22.7 Å². The summed E-state index contributed by atoms with van der Waals surface area (Å²) in [6.07, 6.45) is 0. The van der Waals surface area contributed by atoms with Gasteiger partial charge in [0.2, 0.25) is 0 Å². The van der Waals surface area contributed by atoms with Crippen molar-refractivity contribution in [1.29, 1.82) is 0 Å². The second kappa shape index (κ2) is 5.71. The molecule has 0 aliphatic carbocycles. The molecule has 1 unspecified atom stereocenters. The number of fused-ring (bicyclic) bond motifs is 1. The van der Waals surface area contributed by atoms with Crippen LogP contribution >= 0.6 is 12.2 Å². The van der Waals surface area contributed by atoms with Gasteiger partial charge in [-0.15, -0.1) is 0 Å². The summed E-state index contributed by atoms with van der Waals surface area (Å²) in [5.74, 6) is 0. The lowest BCUT2D eigenvalue weighted by molar-refractivity contribution is 0.102. The van der Waals surface area contributed by atoms with Crippen molar-refractivity contribution in [2.24, 2.45) is 0 Å². The van der Waals surface area contributed by atoms with Crippen molar-refractivity contribution < 1.29 is 0 Å². The third-order valence-corrected chi connectivity index (χ3v) is 4.59. The van der Waals surface area contributed by atoms with E-state index >= 15 is 0 Å². The lowest BCUT2D eigenvalue weighted by Gasteiger charge is -2.37. The van der Waals surface area contributed by atoms with Crippen molar-refractivity contribution in [2.45, 2.75) is 12.6 Å². The second-order valence-corrected chi connectivity index (χ2v) is 6.17. The first-order valence-corrected chi connectivity index (χ1v) is 7.58. The molecule has 1 aromatic carbocycles. The number of piperazine rings is 1. The molecule has 2 aromatic rings. The van der Waals surface area contributed by atoms with Gasteiger partial charge in [-0.3, -0.25) is 14.3 Å². The molecule has 21 heavy (non-hydrogen) atoms. The highest BCUT2D eigenvalue weighted by Crippen LogP contribution is 2.10. The highest BCUT2D eigenvalue weighted by molar-refractivity contribution is 7.71. The number of hydrogen-bond donors (Lipinski definition) is 1. The molecule has 0 bridgehead atoms. The van der Waals surface area contributed by atoms with Crippen molar-refractivity contribution in [2.75, 3.05) is 33.7 Å². The molecule has 1 N–H and O–H groups in total. The average Bonchev–Trinajstić information content (AvgIpc) is 2.47. The molecule has 0 radical (unpaired) electrons.